The van der Waals surface area contributed by atoms with Crippen LogP contribution in [-0.4, -0.2) is 5.78 Å². The topological polar surface area (TPSA) is 17.1 Å². The first-order chi connectivity index (χ1) is 8.60. The largest absolute Gasteiger partial charge is 0.293 e. The third kappa shape index (κ3) is 2.82. The molecule has 4 heteroatoms. The van der Waals surface area contributed by atoms with Gasteiger partial charge >= 0.3 is 0 Å². The summed E-state index contributed by atoms with van der Waals surface area (Å²) in [5.74, 6) is -1.25. The first-order valence-electron chi connectivity index (χ1n) is 5.66. The number of ketones is 1. The molecule has 0 bridgehead atoms. The minimum Gasteiger partial charge on any atom is -0.293 e. The molecule has 0 atom stereocenters. The molecule has 1 heterocycles. The zero-order chi connectivity index (χ0) is 13.1. The van der Waals surface area contributed by atoms with E-state index < -0.39 is 11.6 Å². The van der Waals surface area contributed by atoms with Gasteiger partial charge in [0.15, 0.2) is 5.78 Å². The maximum atomic E-state index is 13.4. The number of aryl methyl sites for hydroxylation is 1. The quantitative estimate of drug-likeness (QED) is 0.764. The molecule has 0 unspecified atom stereocenters. The monoisotopic (exact) mass is 266 g/mol. The highest BCUT2D eigenvalue weighted by Crippen LogP contribution is 2.20. The van der Waals surface area contributed by atoms with Crippen LogP contribution in [0.25, 0.3) is 0 Å². The van der Waals surface area contributed by atoms with Crippen molar-refractivity contribution in [1.82, 2.24) is 0 Å². The normalized spacial score (nSPS) is 10.6. The van der Waals surface area contributed by atoms with Gasteiger partial charge in [0.2, 0.25) is 0 Å². The summed E-state index contributed by atoms with van der Waals surface area (Å²) in [6.07, 6.45) is 0.763. The molecule has 0 saturated carbocycles. The maximum absolute atomic E-state index is 13.4. The zero-order valence-corrected chi connectivity index (χ0v) is 10.7. The number of benzene rings is 1. The second kappa shape index (κ2) is 5.40. The van der Waals surface area contributed by atoms with E-state index >= 15 is 0 Å². The van der Waals surface area contributed by atoms with E-state index in [0.29, 0.717) is 4.88 Å². The molecule has 0 radical (unpaired) electrons. The molecule has 1 nitrogen and oxygen atoms in total. The highest BCUT2D eigenvalue weighted by Gasteiger charge is 2.13. The van der Waals surface area contributed by atoms with Gasteiger partial charge in [-0.15, -0.1) is 11.3 Å². The van der Waals surface area contributed by atoms with Gasteiger partial charge in [-0.25, -0.2) is 8.78 Å². The summed E-state index contributed by atoms with van der Waals surface area (Å²) in [6.45, 7) is 2.01. The summed E-state index contributed by atoms with van der Waals surface area (Å²) < 4.78 is 26.4. The van der Waals surface area contributed by atoms with E-state index in [1.54, 1.807) is 6.07 Å². The van der Waals surface area contributed by atoms with Crippen LogP contribution in [0.3, 0.4) is 0 Å². The lowest BCUT2D eigenvalue weighted by Crippen LogP contribution is -2.03. The van der Waals surface area contributed by atoms with Gasteiger partial charge in [-0.05, 0) is 42.3 Å². The minimum atomic E-state index is -0.544. The molecule has 0 N–H and O–H groups in total. The van der Waals surface area contributed by atoms with Crippen molar-refractivity contribution in [1.29, 1.82) is 0 Å². The Morgan fingerprint density at radius 3 is 2.67 bits per heavy atom. The fourth-order valence-electron chi connectivity index (χ4n) is 1.66. The molecule has 2 rings (SSSR count). The first kappa shape index (κ1) is 12.9. The van der Waals surface area contributed by atoms with Gasteiger partial charge in [-0.1, -0.05) is 6.92 Å². The summed E-state index contributed by atoms with van der Waals surface area (Å²) >= 11 is 1.40. The van der Waals surface area contributed by atoms with E-state index in [9.17, 15) is 13.6 Å². The lowest BCUT2D eigenvalue weighted by Gasteiger charge is -2.01. The van der Waals surface area contributed by atoms with Crippen LogP contribution in [0.2, 0.25) is 0 Å². The second-order valence-electron chi connectivity index (χ2n) is 3.96. The number of hydrogen-bond donors (Lipinski definition) is 0. The predicted molar refractivity (Wildman–Crippen MR) is 68.1 cm³/mol. The van der Waals surface area contributed by atoms with Crippen molar-refractivity contribution >= 4 is 17.1 Å². The molecule has 0 aliphatic rings. The number of Topliss-reactive ketones (excluding diaryl/α,β-unsaturated/α-hetero) is 1. The average molecular weight is 266 g/mol. The Labute approximate surface area is 108 Å². The minimum absolute atomic E-state index is 0.103. The summed E-state index contributed by atoms with van der Waals surface area (Å²) in [6, 6.07) is 6.79. The lowest BCUT2D eigenvalue weighted by atomic mass is 10.1. The molecule has 0 aliphatic carbocycles. The number of halogens is 2. The number of thiophene rings is 1. The van der Waals surface area contributed by atoms with Gasteiger partial charge in [0.25, 0.3) is 0 Å². The molecule has 0 fully saturated rings. The third-order valence-corrected chi connectivity index (χ3v) is 3.91. The second-order valence-corrected chi connectivity index (χ2v) is 5.12. The Morgan fingerprint density at radius 1 is 1.22 bits per heavy atom. The number of carbonyl (C=O) groups is 1. The molecule has 0 saturated heterocycles. The van der Waals surface area contributed by atoms with Gasteiger partial charge in [0.05, 0.1) is 4.88 Å². The van der Waals surface area contributed by atoms with E-state index in [2.05, 4.69) is 0 Å². The number of hydrogen-bond acceptors (Lipinski definition) is 2. The first-order valence-corrected chi connectivity index (χ1v) is 6.47. The lowest BCUT2D eigenvalue weighted by molar-refractivity contribution is 0.0995. The van der Waals surface area contributed by atoms with Crippen LogP contribution < -0.4 is 0 Å². The van der Waals surface area contributed by atoms with Gasteiger partial charge < -0.3 is 0 Å². The van der Waals surface area contributed by atoms with Gasteiger partial charge in [0.1, 0.15) is 11.6 Å². The molecule has 0 spiro atoms. The van der Waals surface area contributed by atoms with Crippen molar-refractivity contribution in [3.63, 3.8) is 0 Å². The van der Waals surface area contributed by atoms with Crippen molar-refractivity contribution in [2.24, 2.45) is 0 Å². The third-order valence-electron chi connectivity index (χ3n) is 2.64. The van der Waals surface area contributed by atoms with E-state index in [-0.39, 0.29) is 17.8 Å². The molecular formula is C14H12F2OS. The molecule has 94 valence electrons. The fraction of sp³-hybridized carbons (Fsp3) is 0.214. The van der Waals surface area contributed by atoms with Crippen LogP contribution >= 0.6 is 11.3 Å². The smallest absolute Gasteiger partial charge is 0.177 e. The number of rotatable bonds is 4. The number of carbonyl (C=O) groups excluding carboxylic acids is 1. The predicted octanol–water partition coefficient (Wildman–Crippen LogP) is 4.01. The highest BCUT2D eigenvalue weighted by molar-refractivity contribution is 7.14. The standard InChI is InChI=1S/C14H12F2OS/c1-2-11-4-6-14(18-11)13(17)8-9-7-10(15)3-5-12(9)16/h3-7H,2,8H2,1H3. The van der Waals surface area contributed by atoms with Crippen LogP contribution in [0.5, 0.6) is 0 Å². The molecule has 1 aromatic carbocycles. The average Bonchev–Trinajstić information content (AvgIpc) is 2.82. The Hall–Kier alpha value is -1.55. The molecule has 0 aliphatic heterocycles. The van der Waals surface area contributed by atoms with Gasteiger partial charge in [-0.3, -0.25) is 4.79 Å². The van der Waals surface area contributed by atoms with Crippen molar-refractivity contribution < 1.29 is 13.6 Å². The molecule has 0 amide bonds. The Balaban J connectivity index is 2.18. The van der Waals surface area contributed by atoms with Crippen molar-refractivity contribution in [3.8, 4) is 0 Å². The summed E-state index contributed by atoms with van der Waals surface area (Å²) in [4.78, 5) is 13.6. The van der Waals surface area contributed by atoms with Crippen LogP contribution in [-0.2, 0) is 12.8 Å². The van der Waals surface area contributed by atoms with Gasteiger partial charge in [0, 0.05) is 11.3 Å². The van der Waals surface area contributed by atoms with Crippen LogP contribution in [0.15, 0.2) is 30.3 Å². The van der Waals surface area contributed by atoms with Crippen LogP contribution in [0.4, 0.5) is 8.78 Å². The maximum Gasteiger partial charge on any atom is 0.177 e. The van der Waals surface area contributed by atoms with Crippen LogP contribution in [0.1, 0.15) is 27.0 Å². The Kier molecular flexibility index (Phi) is 3.87. The van der Waals surface area contributed by atoms with Crippen molar-refractivity contribution in [3.05, 3.63) is 57.3 Å². The van der Waals surface area contributed by atoms with Gasteiger partial charge in [-0.2, -0.15) is 0 Å². The van der Waals surface area contributed by atoms with Crippen molar-refractivity contribution in [2.45, 2.75) is 19.8 Å². The van der Waals surface area contributed by atoms with E-state index in [1.165, 1.54) is 11.3 Å². The SMILES string of the molecule is CCc1ccc(C(=O)Cc2cc(F)ccc2F)s1. The van der Waals surface area contributed by atoms with Crippen molar-refractivity contribution in [2.75, 3.05) is 0 Å². The molecule has 1 aromatic heterocycles. The van der Waals surface area contributed by atoms with Crippen LogP contribution in [0, 0.1) is 11.6 Å². The summed E-state index contributed by atoms with van der Waals surface area (Å²) in [5.41, 5.74) is 0.103. The summed E-state index contributed by atoms with van der Waals surface area (Å²) in [7, 11) is 0. The highest BCUT2D eigenvalue weighted by atomic mass is 32.1. The van der Waals surface area contributed by atoms with E-state index in [1.807, 2.05) is 13.0 Å². The summed E-state index contributed by atoms with van der Waals surface area (Å²) in [5, 5.41) is 0. The fourth-order valence-corrected chi connectivity index (χ4v) is 2.54. The zero-order valence-electron chi connectivity index (χ0n) is 9.87. The Bertz CT molecular complexity index is 575. The molecule has 2 aromatic rings. The van der Waals surface area contributed by atoms with E-state index in [0.717, 1.165) is 29.5 Å². The molecule has 18 heavy (non-hydrogen) atoms. The molecular weight excluding hydrogens is 254 g/mol. The van der Waals surface area contributed by atoms with E-state index in [4.69, 9.17) is 0 Å². The Morgan fingerprint density at radius 2 is 2.00 bits per heavy atom.